The summed E-state index contributed by atoms with van der Waals surface area (Å²) in [7, 11) is 0. The van der Waals surface area contributed by atoms with Crippen LogP contribution in [0.15, 0.2) is 33.8 Å². The van der Waals surface area contributed by atoms with Crippen LogP contribution in [0.25, 0.3) is 0 Å². The Hall–Kier alpha value is -1.36. The zero-order valence-corrected chi connectivity index (χ0v) is 8.74. The van der Waals surface area contributed by atoms with Gasteiger partial charge in [0.1, 0.15) is 12.3 Å². The Labute approximate surface area is 89.1 Å². The zero-order valence-electron chi connectivity index (χ0n) is 7.16. The Balaban J connectivity index is 2.27. The third-order valence-corrected chi connectivity index (χ3v) is 2.27. The maximum absolute atomic E-state index is 10.7. The number of carbonyl (C=O) groups is 1. The van der Waals surface area contributed by atoms with Crippen LogP contribution >= 0.6 is 15.9 Å². The van der Waals surface area contributed by atoms with Crippen molar-refractivity contribution in [2.24, 2.45) is 5.10 Å². The van der Waals surface area contributed by atoms with E-state index in [1.807, 2.05) is 24.3 Å². The number of nitrogens with zero attached hydrogens (tertiary/aromatic N) is 1. The van der Waals surface area contributed by atoms with Crippen LogP contribution in [0.3, 0.4) is 0 Å². The van der Waals surface area contributed by atoms with Crippen LogP contribution in [0.4, 0.5) is 4.79 Å². The minimum absolute atomic E-state index is 0.211. The average molecular weight is 255 g/mol. The third-order valence-electron chi connectivity index (χ3n) is 1.78. The van der Waals surface area contributed by atoms with Gasteiger partial charge in [-0.2, -0.15) is 5.10 Å². The Morgan fingerprint density at radius 2 is 2.36 bits per heavy atom. The number of hydrogen-bond donors (Lipinski definition) is 1. The molecule has 0 saturated carbocycles. The molecule has 1 aromatic carbocycles. The van der Waals surface area contributed by atoms with Gasteiger partial charge in [0.15, 0.2) is 0 Å². The number of hydrogen-bond acceptors (Lipinski definition) is 3. The maximum Gasteiger partial charge on any atom is 0.428 e. The van der Waals surface area contributed by atoms with Crippen molar-refractivity contribution in [2.45, 2.75) is 0 Å². The van der Waals surface area contributed by atoms with E-state index in [4.69, 9.17) is 4.74 Å². The molecule has 1 aliphatic rings. The summed E-state index contributed by atoms with van der Waals surface area (Å²) in [6.07, 6.45) is -0.510. The molecule has 0 saturated heterocycles. The van der Waals surface area contributed by atoms with Crippen molar-refractivity contribution in [1.29, 1.82) is 0 Å². The van der Waals surface area contributed by atoms with Crippen molar-refractivity contribution in [3.8, 4) is 0 Å². The van der Waals surface area contributed by atoms with Crippen LogP contribution in [-0.2, 0) is 4.74 Å². The first-order chi connectivity index (χ1) is 6.75. The van der Waals surface area contributed by atoms with Crippen LogP contribution in [-0.4, -0.2) is 18.4 Å². The monoisotopic (exact) mass is 254 g/mol. The number of cyclic esters (lactones) is 1. The SMILES string of the molecule is O=C1NN=C(c2cccc(Br)c2)CO1. The van der Waals surface area contributed by atoms with Gasteiger partial charge in [0, 0.05) is 10.0 Å². The number of nitrogens with one attached hydrogen (secondary N) is 1. The number of carbonyl (C=O) groups excluding carboxylic acids is 1. The molecule has 5 heteroatoms. The fourth-order valence-electron chi connectivity index (χ4n) is 1.13. The van der Waals surface area contributed by atoms with E-state index in [-0.39, 0.29) is 6.61 Å². The first kappa shape index (κ1) is 9.21. The first-order valence-electron chi connectivity index (χ1n) is 4.01. The van der Waals surface area contributed by atoms with Gasteiger partial charge in [0.05, 0.1) is 0 Å². The molecule has 1 N–H and O–H groups in total. The van der Waals surface area contributed by atoms with E-state index in [0.717, 1.165) is 10.0 Å². The van der Waals surface area contributed by atoms with Crippen molar-refractivity contribution in [3.63, 3.8) is 0 Å². The van der Waals surface area contributed by atoms with Crippen LogP contribution in [0.5, 0.6) is 0 Å². The molecule has 0 aliphatic carbocycles. The lowest BCUT2D eigenvalue weighted by Crippen LogP contribution is -2.30. The van der Waals surface area contributed by atoms with Crippen molar-refractivity contribution in [2.75, 3.05) is 6.61 Å². The van der Waals surface area contributed by atoms with Crippen molar-refractivity contribution in [3.05, 3.63) is 34.3 Å². The maximum atomic E-state index is 10.7. The van der Waals surface area contributed by atoms with Gasteiger partial charge in [-0.25, -0.2) is 10.2 Å². The fraction of sp³-hybridized carbons (Fsp3) is 0.111. The summed E-state index contributed by atoms with van der Waals surface area (Å²) in [5, 5.41) is 3.89. The van der Waals surface area contributed by atoms with Crippen LogP contribution in [0.2, 0.25) is 0 Å². The highest BCUT2D eigenvalue weighted by atomic mass is 79.9. The lowest BCUT2D eigenvalue weighted by Gasteiger charge is -2.12. The molecule has 72 valence electrons. The summed E-state index contributed by atoms with van der Waals surface area (Å²) in [5.74, 6) is 0. The molecular weight excluding hydrogens is 248 g/mol. The molecule has 14 heavy (non-hydrogen) atoms. The molecule has 1 aromatic rings. The molecular formula is C9H7BrN2O2. The molecule has 2 rings (SSSR count). The molecule has 0 bridgehead atoms. The second kappa shape index (κ2) is 3.79. The van der Waals surface area contributed by atoms with Crippen molar-refractivity contribution >= 4 is 27.7 Å². The minimum atomic E-state index is -0.510. The summed E-state index contributed by atoms with van der Waals surface area (Å²) < 4.78 is 5.76. The summed E-state index contributed by atoms with van der Waals surface area (Å²) in [4.78, 5) is 10.7. The Morgan fingerprint density at radius 1 is 1.50 bits per heavy atom. The van der Waals surface area contributed by atoms with Gasteiger partial charge in [-0.1, -0.05) is 28.1 Å². The quantitative estimate of drug-likeness (QED) is 0.833. The molecule has 1 amide bonds. The molecule has 1 heterocycles. The zero-order chi connectivity index (χ0) is 9.97. The van der Waals surface area contributed by atoms with Gasteiger partial charge in [-0.3, -0.25) is 0 Å². The number of ether oxygens (including phenoxy) is 1. The average Bonchev–Trinajstić information content (AvgIpc) is 2.19. The van der Waals surface area contributed by atoms with E-state index in [1.165, 1.54) is 0 Å². The second-order valence-electron chi connectivity index (χ2n) is 2.76. The number of hydrazone groups is 1. The molecule has 0 fully saturated rings. The molecule has 0 atom stereocenters. The van der Waals surface area contributed by atoms with E-state index < -0.39 is 6.09 Å². The summed E-state index contributed by atoms with van der Waals surface area (Å²) in [5.41, 5.74) is 3.91. The van der Waals surface area contributed by atoms with E-state index in [0.29, 0.717) is 5.71 Å². The van der Waals surface area contributed by atoms with Gasteiger partial charge in [0.25, 0.3) is 0 Å². The molecule has 1 aliphatic heterocycles. The Bertz CT molecular complexity index is 404. The number of benzene rings is 1. The standard InChI is InChI=1S/C9H7BrN2O2/c10-7-3-1-2-6(4-7)8-5-14-9(13)12-11-8/h1-4H,5H2,(H,12,13). The first-order valence-corrected chi connectivity index (χ1v) is 4.80. The predicted molar refractivity (Wildman–Crippen MR) is 55.2 cm³/mol. The van der Waals surface area contributed by atoms with Gasteiger partial charge < -0.3 is 4.74 Å². The summed E-state index contributed by atoms with van der Waals surface area (Å²) in [6, 6.07) is 7.65. The van der Waals surface area contributed by atoms with E-state index in [9.17, 15) is 4.79 Å². The van der Waals surface area contributed by atoms with E-state index >= 15 is 0 Å². The topological polar surface area (TPSA) is 50.7 Å². The van der Waals surface area contributed by atoms with Gasteiger partial charge >= 0.3 is 6.09 Å². The predicted octanol–water partition coefficient (Wildman–Crippen LogP) is 1.89. The largest absolute Gasteiger partial charge is 0.442 e. The highest BCUT2D eigenvalue weighted by Crippen LogP contribution is 2.13. The highest BCUT2D eigenvalue weighted by Gasteiger charge is 2.13. The van der Waals surface area contributed by atoms with Crippen molar-refractivity contribution in [1.82, 2.24) is 5.43 Å². The molecule has 4 nitrogen and oxygen atoms in total. The molecule has 0 unspecified atom stereocenters. The lowest BCUT2D eigenvalue weighted by molar-refractivity contribution is 0.157. The summed E-state index contributed by atoms with van der Waals surface area (Å²) >= 11 is 3.36. The third kappa shape index (κ3) is 1.93. The highest BCUT2D eigenvalue weighted by molar-refractivity contribution is 9.10. The van der Waals surface area contributed by atoms with E-state index in [1.54, 1.807) is 0 Å². The van der Waals surface area contributed by atoms with Crippen LogP contribution < -0.4 is 5.43 Å². The van der Waals surface area contributed by atoms with Gasteiger partial charge in [-0.15, -0.1) is 0 Å². The summed E-state index contributed by atoms with van der Waals surface area (Å²) in [6.45, 7) is 0.211. The fourth-order valence-corrected chi connectivity index (χ4v) is 1.53. The molecule has 0 spiro atoms. The Kier molecular flexibility index (Phi) is 2.49. The Morgan fingerprint density at radius 3 is 3.00 bits per heavy atom. The van der Waals surface area contributed by atoms with E-state index in [2.05, 4.69) is 26.5 Å². The van der Waals surface area contributed by atoms with Crippen molar-refractivity contribution < 1.29 is 9.53 Å². The van der Waals surface area contributed by atoms with Gasteiger partial charge in [-0.05, 0) is 12.1 Å². The number of rotatable bonds is 1. The molecule has 0 radical (unpaired) electrons. The van der Waals surface area contributed by atoms with Gasteiger partial charge in [0.2, 0.25) is 0 Å². The minimum Gasteiger partial charge on any atom is -0.442 e. The number of amides is 1. The molecule has 0 aromatic heterocycles. The lowest BCUT2D eigenvalue weighted by atomic mass is 10.1. The van der Waals surface area contributed by atoms with Crippen LogP contribution in [0.1, 0.15) is 5.56 Å². The van der Waals surface area contributed by atoms with Crippen LogP contribution in [0, 0.1) is 0 Å². The smallest absolute Gasteiger partial charge is 0.428 e. The second-order valence-corrected chi connectivity index (χ2v) is 3.67. The normalized spacial score (nSPS) is 15.5. The number of halogens is 1.